The molecule has 0 saturated heterocycles. The minimum absolute atomic E-state index is 0.180. The molecule has 0 aromatic heterocycles. The largest absolute Gasteiger partial charge is 0.350 e. The third kappa shape index (κ3) is 4.00. The van der Waals surface area contributed by atoms with Gasteiger partial charge >= 0.3 is 0 Å². The number of halogens is 1. The Hall–Kier alpha value is -3.38. The highest BCUT2D eigenvalue weighted by Gasteiger charge is 2.40. The molecule has 0 spiro atoms. The molecule has 3 aromatic rings. The van der Waals surface area contributed by atoms with E-state index >= 15 is 0 Å². The minimum Gasteiger partial charge on any atom is -0.350 e. The summed E-state index contributed by atoms with van der Waals surface area (Å²) in [5.41, 5.74) is 3.16. The van der Waals surface area contributed by atoms with E-state index in [1.54, 1.807) is 0 Å². The molecule has 4 nitrogen and oxygen atoms in total. The summed E-state index contributed by atoms with van der Waals surface area (Å²) < 4.78 is 13.3. The monoisotopic (exact) mass is 418 g/mol. The molecule has 0 fully saturated rings. The van der Waals surface area contributed by atoms with Crippen LogP contribution in [-0.4, -0.2) is 11.8 Å². The Morgan fingerprint density at radius 2 is 1.47 bits per heavy atom. The summed E-state index contributed by atoms with van der Waals surface area (Å²) in [6.45, 7) is 3.85. The zero-order valence-corrected chi connectivity index (χ0v) is 17.3. The van der Waals surface area contributed by atoms with Crippen LogP contribution in [0.2, 0.25) is 0 Å². The van der Waals surface area contributed by atoms with Crippen molar-refractivity contribution in [2.24, 2.45) is 0 Å². The highest BCUT2D eigenvalue weighted by atomic mass is 32.2. The smallest absolute Gasteiger partial charge is 0.283 e. The van der Waals surface area contributed by atoms with Crippen molar-refractivity contribution in [1.82, 2.24) is 0 Å². The molecule has 0 unspecified atom stereocenters. The molecular formula is C24H19FN2O2S. The summed E-state index contributed by atoms with van der Waals surface area (Å²) >= 11 is 1.23. The predicted molar refractivity (Wildman–Crippen MR) is 118 cm³/mol. The van der Waals surface area contributed by atoms with E-state index in [-0.39, 0.29) is 17.4 Å². The molecular weight excluding hydrogens is 399 g/mol. The summed E-state index contributed by atoms with van der Waals surface area (Å²) in [6, 6.07) is 20.7. The molecule has 1 aliphatic heterocycles. The molecule has 2 amide bonds. The SMILES string of the molecule is Cc1cc(C)cc(N2C(=O)C(Nc3ccc(F)cc3)=C(Sc3ccccc3)C2=O)c1. The van der Waals surface area contributed by atoms with E-state index < -0.39 is 5.91 Å². The summed E-state index contributed by atoms with van der Waals surface area (Å²) in [7, 11) is 0. The number of nitrogens with one attached hydrogen (secondary N) is 1. The van der Waals surface area contributed by atoms with Crippen molar-refractivity contribution in [2.75, 3.05) is 10.2 Å². The topological polar surface area (TPSA) is 49.4 Å². The number of amides is 2. The third-order valence-electron chi connectivity index (χ3n) is 4.58. The first-order valence-electron chi connectivity index (χ1n) is 9.39. The van der Waals surface area contributed by atoms with E-state index in [2.05, 4.69) is 5.32 Å². The highest BCUT2D eigenvalue weighted by Crippen LogP contribution is 2.38. The van der Waals surface area contributed by atoms with Gasteiger partial charge in [0, 0.05) is 10.6 Å². The van der Waals surface area contributed by atoms with Crippen LogP contribution < -0.4 is 10.2 Å². The van der Waals surface area contributed by atoms with Gasteiger partial charge in [-0.05, 0) is 73.5 Å². The van der Waals surface area contributed by atoms with Crippen LogP contribution in [-0.2, 0) is 9.59 Å². The Morgan fingerprint density at radius 1 is 0.833 bits per heavy atom. The lowest BCUT2D eigenvalue weighted by Gasteiger charge is -2.16. The van der Waals surface area contributed by atoms with Crippen LogP contribution >= 0.6 is 11.8 Å². The number of imide groups is 1. The van der Waals surface area contributed by atoms with Crippen molar-refractivity contribution in [2.45, 2.75) is 18.7 Å². The zero-order valence-electron chi connectivity index (χ0n) is 16.5. The highest BCUT2D eigenvalue weighted by molar-refractivity contribution is 8.04. The normalized spacial score (nSPS) is 13.9. The van der Waals surface area contributed by atoms with Crippen molar-refractivity contribution in [3.63, 3.8) is 0 Å². The lowest BCUT2D eigenvalue weighted by atomic mass is 10.1. The van der Waals surface area contributed by atoms with Gasteiger partial charge in [0.15, 0.2) is 0 Å². The molecule has 6 heteroatoms. The molecule has 0 bridgehead atoms. The predicted octanol–water partition coefficient (Wildman–Crippen LogP) is 5.43. The van der Waals surface area contributed by atoms with Crippen molar-refractivity contribution >= 4 is 35.0 Å². The second kappa shape index (κ2) is 8.16. The first kappa shape index (κ1) is 19.9. The van der Waals surface area contributed by atoms with Crippen molar-refractivity contribution in [1.29, 1.82) is 0 Å². The standard InChI is InChI=1S/C24H19FN2O2S/c1-15-12-16(2)14-19(13-15)27-23(28)21(26-18-10-8-17(25)9-11-18)22(24(27)29)30-20-6-4-3-5-7-20/h3-14,26H,1-2H3. The summed E-state index contributed by atoms with van der Waals surface area (Å²) in [6.07, 6.45) is 0. The van der Waals surface area contributed by atoms with Gasteiger partial charge in [-0.2, -0.15) is 0 Å². The Bertz CT molecular complexity index is 1140. The number of hydrogen-bond donors (Lipinski definition) is 1. The molecule has 1 aliphatic rings. The van der Waals surface area contributed by atoms with Gasteiger partial charge in [0.2, 0.25) is 0 Å². The van der Waals surface area contributed by atoms with E-state index in [4.69, 9.17) is 0 Å². The van der Waals surface area contributed by atoms with E-state index in [1.165, 1.54) is 40.9 Å². The second-order valence-electron chi connectivity index (χ2n) is 7.04. The van der Waals surface area contributed by atoms with E-state index in [9.17, 15) is 14.0 Å². The number of aryl methyl sites for hydroxylation is 2. The fraction of sp³-hybridized carbons (Fsp3) is 0.0833. The lowest BCUT2D eigenvalue weighted by Crippen LogP contribution is -2.32. The Balaban J connectivity index is 1.76. The van der Waals surface area contributed by atoms with Crippen LogP contribution in [0.5, 0.6) is 0 Å². The molecule has 1 heterocycles. The average Bonchev–Trinajstić information content (AvgIpc) is 2.93. The molecule has 150 valence electrons. The number of nitrogens with zero attached hydrogens (tertiary/aromatic N) is 1. The fourth-order valence-electron chi connectivity index (χ4n) is 3.31. The quantitative estimate of drug-likeness (QED) is 0.561. The molecule has 1 N–H and O–H groups in total. The van der Waals surface area contributed by atoms with Gasteiger partial charge in [0.05, 0.1) is 5.69 Å². The van der Waals surface area contributed by atoms with Crippen LogP contribution in [0.1, 0.15) is 11.1 Å². The average molecular weight is 418 g/mol. The van der Waals surface area contributed by atoms with Crippen LogP contribution in [0.15, 0.2) is 88.3 Å². The first-order valence-corrected chi connectivity index (χ1v) is 10.2. The van der Waals surface area contributed by atoms with Crippen LogP contribution in [0, 0.1) is 19.7 Å². The van der Waals surface area contributed by atoms with Gasteiger partial charge < -0.3 is 5.32 Å². The van der Waals surface area contributed by atoms with Gasteiger partial charge in [-0.25, -0.2) is 9.29 Å². The molecule has 0 saturated carbocycles. The number of carbonyl (C=O) groups is 2. The minimum atomic E-state index is -0.437. The van der Waals surface area contributed by atoms with Crippen molar-refractivity contribution in [3.05, 3.63) is 100 Å². The number of rotatable bonds is 5. The van der Waals surface area contributed by atoms with Crippen LogP contribution in [0.3, 0.4) is 0 Å². The number of carbonyl (C=O) groups excluding carboxylic acids is 2. The summed E-state index contributed by atoms with van der Waals surface area (Å²) in [4.78, 5) is 29.0. The molecule has 0 atom stereocenters. The van der Waals surface area contributed by atoms with Gasteiger partial charge in [-0.15, -0.1) is 0 Å². The lowest BCUT2D eigenvalue weighted by molar-refractivity contribution is -0.120. The van der Waals surface area contributed by atoms with Gasteiger partial charge in [0.25, 0.3) is 11.8 Å². The maximum absolute atomic E-state index is 13.3. The van der Waals surface area contributed by atoms with Crippen molar-refractivity contribution < 1.29 is 14.0 Å². The van der Waals surface area contributed by atoms with Crippen LogP contribution in [0.4, 0.5) is 15.8 Å². The summed E-state index contributed by atoms with van der Waals surface area (Å²) in [5, 5.41) is 3.03. The maximum Gasteiger partial charge on any atom is 0.283 e. The number of thioether (sulfide) groups is 1. The van der Waals surface area contributed by atoms with Crippen molar-refractivity contribution in [3.8, 4) is 0 Å². The first-order chi connectivity index (χ1) is 14.4. The molecule has 30 heavy (non-hydrogen) atoms. The summed E-state index contributed by atoms with van der Waals surface area (Å²) in [5.74, 6) is -1.20. The third-order valence-corrected chi connectivity index (χ3v) is 5.67. The van der Waals surface area contributed by atoms with E-state index in [0.717, 1.165) is 16.0 Å². The molecule has 0 aliphatic carbocycles. The maximum atomic E-state index is 13.3. The fourth-order valence-corrected chi connectivity index (χ4v) is 4.26. The molecule has 4 rings (SSSR count). The zero-order chi connectivity index (χ0) is 21.3. The van der Waals surface area contributed by atoms with E-state index in [0.29, 0.717) is 16.3 Å². The Labute approximate surface area is 178 Å². The van der Waals surface area contributed by atoms with Gasteiger partial charge in [-0.3, -0.25) is 9.59 Å². The second-order valence-corrected chi connectivity index (χ2v) is 8.13. The van der Waals surface area contributed by atoms with E-state index in [1.807, 2.05) is 62.4 Å². The number of anilines is 2. The molecule has 0 radical (unpaired) electrons. The number of hydrogen-bond acceptors (Lipinski definition) is 4. The Kier molecular flexibility index (Phi) is 5.42. The van der Waals surface area contributed by atoms with Gasteiger partial charge in [-0.1, -0.05) is 36.0 Å². The van der Waals surface area contributed by atoms with Crippen LogP contribution in [0.25, 0.3) is 0 Å². The Morgan fingerprint density at radius 3 is 2.10 bits per heavy atom. The number of benzene rings is 3. The molecule has 3 aromatic carbocycles. The van der Waals surface area contributed by atoms with Gasteiger partial charge in [0.1, 0.15) is 16.4 Å².